The first-order valence-electron chi connectivity index (χ1n) is 7.45. The number of nitrogens with zero attached hydrogens (tertiary/aromatic N) is 1. The molecule has 0 bridgehead atoms. The fourth-order valence-corrected chi connectivity index (χ4v) is 2.06. The Morgan fingerprint density at radius 1 is 1.12 bits per heavy atom. The summed E-state index contributed by atoms with van der Waals surface area (Å²) in [6.07, 6.45) is -0.868. The number of nitro benzene ring substituents is 1. The molecule has 2 rings (SSSR count). The van der Waals surface area contributed by atoms with Gasteiger partial charge in [0.2, 0.25) is 0 Å². The maximum Gasteiger partial charge on any atom is 0.282 e. The maximum atomic E-state index is 12.0. The highest BCUT2D eigenvalue weighted by atomic mass is 16.6. The van der Waals surface area contributed by atoms with Gasteiger partial charge in [-0.05, 0) is 37.6 Å². The molecule has 1 unspecified atom stereocenters. The molecule has 8 nitrogen and oxygen atoms in total. The van der Waals surface area contributed by atoms with Gasteiger partial charge in [0.1, 0.15) is 11.3 Å². The Bertz CT molecular complexity index is 806. The van der Waals surface area contributed by atoms with E-state index in [0.717, 1.165) is 5.56 Å². The van der Waals surface area contributed by atoms with Crippen molar-refractivity contribution in [3.05, 3.63) is 69.8 Å². The van der Waals surface area contributed by atoms with Crippen LogP contribution < -0.4 is 15.6 Å². The van der Waals surface area contributed by atoms with Crippen LogP contribution in [0.2, 0.25) is 0 Å². The molecule has 2 amide bonds. The molecule has 130 valence electrons. The molecule has 0 saturated heterocycles. The summed E-state index contributed by atoms with van der Waals surface area (Å²) in [4.78, 5) is 34.3. The molecule has 0 saturated carbocycles. The van der Waals surface area contributed by atoms with Gasteiger partial charge in [-0.2, -0.15) is 0 Å². The minimum atomic E-state index is -0.868. The van der Waals surface area contributed by atoms with E-state index in [4.69, 9.17) is 4.74 Å². The van der Waals surface area contributed by atoms with Gasteiger partial charge in [0, 0.05) is 6.07 Å². The van der Waals surface area contributed by atoms with E-state index < -0.39 is 22.8 Å². The van der Waals surface area contributed by atoms with Crippen molar-refractivity contribution in [3.8, 4) is 5.75 Å². The molecule has 0 heterocycles. The number of rotatable bonds is 5. The highest BCUT2D eigenvalue weighted by Gasteiger charge is 2.21. The van der Waals surface area contributed by atoms with E-state index in [1.165, 1.54) is 31.2 Å². The lowest BCUT2D eigenvalue weighted by molar-refractivity contribution is -0.385. The van der Waals surface area contributed by atoms with E-state index >= 15 is 0 Å². The number of benzene rings is 2. The summed E-state index contributed by atoms with van der Waals surface area (Å²) in [6.45, 7) is 3.42. The predicted molar refractivity (Wildman–Crippen MR) is 90.0 cm³/mol. The highest BCUT2D eigenvalue weighted by Crippen LogP contribution is 2.17. The van der Waals surface area contributed by atoms with E-state index in [-0.39, 0.29) is 11.3 Å². The lowest BCUT2D eigenvalue weighted by atomic mass is 10.2. The van der Waals surface area contributed by atoms with Crippen LogP contribution in [0.4, 0.5) is 5.69 Å². The van der Waals surface area contributed by atoms with E-state index in [1.807, 2.05) is 13.0 Å². The Balaban J connectivity index is 1.95. The number of nitrogens with one attached hydrogen (secondary N) is 2. The Morgan fingerprint density at radius 3 is 2.52 bits per heavy atom. The number of para-hydroxylation sites is 1. The first kappa shape index (κ1) is 17.9. The molecule has 0 aliphatic carbocycles. The van der Waals surface area contributed by atoms with Crippen molar-refractivity contribution in [2.45, 2.75) is 20.0 Å². The third-order valence-corrected chi connectivity index (χ3v) is 3.32. The molecule has 1 atom stereocenters. The van der Waals surface area contributed by atoms with E-state index in [1.54, 1.807) is 18.2 Å². The summed E-state index contributed by atoms with van der Waals surface area (Å²) in [5.74, 6) is -0.857. The zero-order chi connectivity index (χ0) is 18.4. The lowest BCUT2D eigenvalue weighted by Crippen LogP contribution is -2.47. The monoisotopic (exact) mass is 343 g/mol. The van der Waals surface area contributed by atoms with E-state index in [9.17, 15) is 19.7 Å². The van der Waals surface area contributed by atoms with E-state index in [2.05, 4.69) is 10.9 Å². The van der Waals surface area contributed by atoms with Crippen LogP contribution in [-0.2, 0) is 4.79 Å². The Labute approximate surface area is 143 Å². The summed E-state index contributed by atoms with van der Waals surface area (Å²) >= 11 is 0. The molecule has 2 aromatic rings. The third-order valence-electron chi connectivity index (χ3n) is 3.32. The fourth-order valence-electron chi connectivity index (χ4n) is 2.06. The van der Waals surface area contributed by atoms with Crippen LogP contribution in [0.3, 0.4) is 0 Å². The molecule has 8 heteroatoms. The summed E-state index contributed by atoms with van der Waals surface area (Å²) in [6, 6.07) is 12.6. The topological polar surface area (TPSA) is 111 Å². The first-order chi connectivity index (χ1) is 11.9. The van der Waals surface area contributed by atoms with Gasteiger partial charge >= 0.3 is 0 Å². The Morgan fingerprint density at radius 2 is 1.84 bits per heavy atom. The van der Waals surface area contributed by atoms with Crippen LogP contribution in [0, 0.1) is 17.0 Å². The fraction of sp³-hybridized carbons (Fsp3) is 0.176. The summed E-state index contributed by atoms with van der Waals surface area (Å²) in [5.41, 5.74) is 4.82. The second kappa shape index (κ2) is 7.91. The molecule has 0 aliphatic heterocycles. The standard InChI is InChI=1S/C17H17N3O5/c1-11-6-5-7-13(10-11)25-12(2)16(21)18-19-17(22)14-8-3-4-9-15(14)20(23)24/h3-10,12H,1-2H3,(H,18,21)(H,19,22). The van der Waals surface area contributed by atoms with Crippen LogP contribution in [0.1, 0.15) is 22.8 Å². The van der Waals surface area contributed by atoms with Crippen LogP contribution in [-0.4, -0.2) is 22.8 Å². The van der Waals surface area contributed by atoms with Crippen LogP contribution >= 0.6 is 0 Å². The van der Waals surface area contributed by atoms with Crippen molar-refractivity contribution in [2.75, 3.05) is 0 Å². The molecule has 0 fully saturated rings. The summed E-state index contributed by atoms with van der Waals surface area (Å²) in [5, 5.41) is 10.9. The lowest BCUT2D eigenvalue weighted by Gasteiger charge is -2.15. The molecule has 0 aliphatic rings. The van der Waals surface area contributed by atoms with Crippen molar-refractivity contribution < 1.29 is 19.2 Å². The van der Waals surface area contributed by atoms with Crippen molar-refractivity contribution >= 4 is 17.5 Å². The number of amides is 2. The normalized spacial score (nSPS) is 11.3. The summed E-state index contributed by atoms with van der Waals surface area (Å²) in [7, 11) is 0. The molecule has 2 aromatic carbocycles. The average Bonchev–Trinajstić information content (AvgIpc) is 2.59. The number of nitro groups is 1. The molecule has 2 N–H and O–H groups in total. The van der Waals surface area contributed by atoms with Gasteiger partial charge in [-0.3, -0.25) is 30.6 Å². The molecule has 0 aromatic heterocycles. The minimum Gasteiger partial charge on any atom is -0.481 e. The van der Waals surface area contributed by atoms with Gasteiger partial charge in [-0.1, -0.05) is 24.3 Å². The molecule has 0 radical (unpaired) electrons. The number of ether oxygens (including phenoxy) is 1. The van der Waals surface area contributed by atoms with Crippen molar-refractivity contribution in [1.29, 1.82) is 0 Å². The molecule has 0 spiro atoms. The van der Waals surface area contributed by atoms with E-state index in [0.29, 0.717) is 5.75 Å². The van der Waals surface area contributed by atoms with Gasteiger partial charge in [0.25, 0.3) is 17.5 Å². The van der Waals surface area contributed by atoms with Gasteiger partial charge in [0.05, 0.1) is 4.92 Å². The van der Waals surface area contributed by atoms with Gasteiger partial charge in [0.15, 0.2) is 6.10 Å². The second-order valence-corrected chi connectivity index (χ2v) is 5.29. The number of carbonyl (C=O) groups excluding carboxylic acids is 2. The molecular weight excluding hydrogens is 326 g/mol. The van der Waals surface area contributed by atoms with Crippen molar-refractivity contribution in [1.82, 2.24) is 10.9 Å². The number of hydrogen-bond acceptors (Lipinski definition) is 5. The van der Waals surface area contributed by atoms with Crippen LogP contribution in [0.5, 0.6) is 5.75 Å². The molecule has 25 heavy (non-hydrogen) atoms. The SMILES string of the molecule is Cc1cccc(OC(C)C(=O)NNC(=O)c2ccccc2[N+](=O)[O-])c1. The van der Waals surface area contributed by atoms with Crippen molar-refractivity contribution in [3.63, 3.8) is 0 Å². The Kier molecular flexibility index (Phi) is 5.67. The average molecular weight is 343 g/mol. The zero-order valence-corrected chi connectivity index (χ0v) is 13.7. The highest BCUT2D eigenvalue weighted by molar-refractivity contribution is 5.99. The van der Waals surface area contributed by atoms with Crippen molar-refractivity contribution in [2.24, 2.45) is 0 Å². The minimum absolute atomic E-state index is 0.153. The predicted octanol–water partition coefficient (Wildman–Crippen LogP) is 2.13. The van der Waals surface area contributed by atoms with Crippen LogP contribution in [0.25, 0.3) is 0 Å². The first-order valence-corrected chi connectivity index (χ1v) is 7.45. The maximum absolute atomic E-state index is 12.0. The number of hydrogen-bond donors (Lipinski definition) is 2. The zero-order valence-electron chi connectivity index (χ0n) is 13.7. The smallest absolute Gasteiger partial charge is 0.282 e. The van der Waals surface area contributed by atoms with Crippen LogP contribution in [0.15, 0.2) is 48.5 Å². The number of aryl methyl sites for hydroxylation is 1. The second-order valence-electron chi connectivity index (χ2n) is 5.29. The quantitative estimate of drug-likeness (QED) is 0.638. The number of carbonyl (C=O) groups is 2. The Hall–Kier alpha value is -3.42. The largest absolute Gasteiger partial charge is 0.481 e. The van der Waals surface area contributed by atoms with Gasteiger partial charge in [-0.25, -0.2) is 0 Å². The number of hydrazine groups is 1. The summed E-state index contributed by atoms with van der Waals surface area (Å²) < 4.78 is 5.49. The molecular formula is C17H17N3O5. The van der Waals surface area contributed by atoms with Gasteiger partial charge < -0.3 is 4.74 Å². The van der Waals surface area contributed by atoms with Gasteiger partial charge in [-0.15, -0.1) is 0 Å². The third kappa shape index (κ3) is 4.77.